The van der Waals surface area contributed by atoms with Gasteiger partial charge in [0.25, 0.3) is 0 Å². The van der Waals surface area contributed by atoms with E-state index in [1.165, 1.54) is 7.11 Å². The van der Waals surface area contributed by atoms with E-state index in [2.05, 4.69) is 15.0 Å². The minimum atomic E-state index is -0.226. The molecule has 0 saturated heterocycles. The van der Waals surface area contributed by atoms with Crippen molar-refractivity contribution in [1.82, 2.24) is 5.32 Å². The van der Waals surface area contributed by atoms with Gasteiger partial charge < -0.3 is 4.74 Å². The van der Waals surface area contributed by atoms with Crippen LogP contribution < -0.4 is 5.32 Å². The van der Waals surface area contributed by atoms with Gasteiger partial charge in [0.15, 0.2) is 0 Å². The maximum Gasteiger partial charge on any atom is 0.315 e. The van der Waals surface area contributed by atoms with Crippen LogP contribution in [0.1, 0.15) is 0 Å². The first kappa shape index (κ1) is 7.21. The van der Waals surface area contributed by atoms with Crippen LogP contribution >= 0.6 is 0 Å². The smallest absolute Gasteiger partial charge is 0.315 e. The Morgan fingerprint density at radius 3 is 3.20 bits per heavy atom. The second-order valence-corrected chi connectivity index (χ2v) is 2.07. The highest BCUT2D eigenvalue weighted by atomic mass is 16.5. The zero-order valence-electron chi connectivity index (χ0n) is 5.83. The molecule has 1 atom stereocenters. The van der Waals surface area contributed by atoms with Crippen molar-refractivity contribution in [3.63, 3.8) is 0 Å². The number of nitrogens with zero attached hydrogens (tertiary/aromatic N) is 1. The summed E-state index contributed by atoms with van der Waals surface area (Å²) in [5.41, 5.74) is 0. The predicted octanol–water partition coefficient (Wildman–Crippen LogP) is -0.593. The van der Waals surface area contributed by atoms with Gasteiger partial charge in [-0.1, -0.05) is 0 Å². The van der Waals surface area contributed by atoms with Crippen molar-refractivity contribution in [3.8, 4) is 0 Å². The molecule has 4 nitrogen and oxygen atoms in total. The Kier molecular flexibility index (Phi) is 2.39. The van der Waals surface area contributed by atoms with Gasteiger partial charge in [0.2, 0.25) is 0 Å². The number of carbonyl (C=O) groups excluding carboxylic acids is 1. The summed E-state index contributed by atoms with van der Waals surface area (Å²) in [5.74, 6) is -0.422. The maximum absolute atomic E-state index is 10.8. The minimum Gasteiger partial charge on any atom is -0.468 e. The molecule has 0 aromatic rings. The summed E-state index contributed by atoms with van der Waals surface area (Å²) < 4.78 is 4.52. The van der Waals surface area contributed by atoms with Crippen molar-refractivity contribution in [2.75, 3.05) is 20.3 Å². The first-order chi connectivity index (χ1) is 4.84. The third-order valence-corrected chi connectivity index (χ3v) is 1.36. The number of hydrogen-bond donors (Lipinski definition) is 1. The van der Waals surface area contributed by atoms with Crippen LogP contribution in [0.3, 0.4) is 0 Å². The molecule has 0 aliphatic carbocycles. The molecule has 0 bridgehead atoms. The molecule has 1 heterocycles. The number of ether oxygens (including phenoxy) is 1. The normalized spacial score (nSPS) is 24.3. The van der Waals surface area contributed by atoms with Crippen LogP contribution in [-0.4, -0.2) is 32.5 Å². The molecule has 10 heavy (non-hydrogen) atoms. The molecule has 1 N–H and O–H groups in total. The number of rotatable bonds is 1. The molecule has 56 valence electrons. The molecule has 4 heteroatoms. The van der Waals surface area contributed by atoms with Crippen LogP contribution in [-0.2, 0) is 9.53 Å². The van der Waals surface area contributed by atoms with E-state index in [1.54, 1.807) is 6.21 Å². The molecule has 0 spiro atoms. The van der Waals surface area contributed by atoms with Crippen LogP contribution in [0.15, 0.2) is 4.99 Å². The zero-order chi connectivity index (χ0) is 7.40. The molecular weight excluding hydrogens is 132 g/mol. The summed E-state index contributed by atoms with van der Waals surface area (Å²) in [4.78, 5) is 14.7. The Balaban J connectivity index is 2.46. The van der Waals surface area contributed by atoms with Gasteiger partial charge in [0.1, 0.15) is 5.92 Å². The van der Waals surface area contributed by atoms with Crippen LogP contribution in [0.2, 0.25) is 0 Å². The van der Waals surface area contributed by atoms with E-state index in [9.17, 15) is 4.79 Å². The molecule has 0 fully saturated rings. The lowest BCUT2D eigenvalue weighted by Crippen LogP contribution is -2.34. The standard InChI is InChI=1S/C6H10N2O2/c1-10-6(9)5-2-7-4-8-3-5/h2,5,8H,3-4H2,1H3. The maximum atomic E-state index is 10.8. The average Bonchev–Trinajstić information content (AvgIpc) is 2.05. The van der Waals surface area contributed by atoms with Crippen molar-refractivity contribution in [1.29, 1.82) is 0 Å². The number of carbonyl (C=O) groups is 1. The van der Waals surface area contributed by atoms with Gasteiger partial charge >= 0.3 is 5.97 Å². The Hall–Kier alpha value is -0.900. The van der Waals surface area contributed by atoms with E-state index < -0.39 is 0 Å². The van der Waals surface area contributed by atoms with Gasteiger partial charge in [0, 0.05) is 12.8 Å². The fraction of sp³-hybridized carbons (Fsp3) is 0.667. The van der Waals surface area contributed by atoms with Crippen LogP contribution in [0.4, 0.5) is 0 Å². The van der Waals surface area contributed by atoms with Gasteiger partial charge in [-0.15, -0.1) is 0 Å². The number of methoxy groups -OCH3 is 1. The van der Waals surface area contributed by atoms with Crippen LogP contribution in [0, 0.1) is 5.92 Å². The minimum absolute atomic E-state index is 0.196. The van der Waals surface area contributed by atoms with Crippen LogP contribution in [0.25, 0.3) is 0 Å². The highest BCUT2D eigenvalue weighted by Crippen LogP contribution is 1.97. The number of nitrogens with one attached hydrogen (secondary N) is 1. The van der Waals surface area contributed by atoms with Gasteiger partial charge in [-0.25, -0.2) is 0 Å². The lowest BCUT2D eigenvalue weighted by Gasteiger charge is -2.13. The Labute approximate surface area is 59.3 Å². The van der Waals surface area contributed by atoms with E-state index in [0.29, 0.717) is 13.2 Å². The molecular formula is C6H10N2O2. The van der Waals surface area contributed by atoms with E-state index in [-0.39, 0.29) is 11.9 Å². The molecule has 0 saturated carbocycles. The van der Waals surface area contributed by atoms with E-state index >= 15 is 0 Å². The molecule has 0 aromatic heterocycles. The summed E-state index contributed by atoms with van der Waals surface area (Å²) in [5, 5.41) is 2.95. The van der Waals surface area contributed by atoms with Crippen molar-refractivity contribution < 1.29 is 9.53 Å². The molecule has 0 aromatic carbocycles. The van der Waals surface area contributed by atoms with Crippen molar-refractivity contribution in [3.05, 3.63) is 0 Å². The van der Waals surface area contributed by atoms with E-state index in [4.69, 9.17) is 0 Å². The summed E-state index contributed by atoms with van der Waals surface area (Å²) in [6, 6.07) is 0. The van der Waals surface area contributed by atoms with Gasteiger partial charge in [0.05, 0.1) is 13.8 Å². The lowest BCUT2D eigenvalue weighted by atomic mass is 10.1. The summed E-state index contributed by atoms with van der Waals surface area (Å²) in [7, 11) is 1.38. The first-order valence-electron chi connectivity index (χ1n) is 3.13. The van der Waals surface area contributed by atoms with Crippen molar-refractivity contribution >= 4 is 12.2 Å². The summed E-state index contributed by atoms with van der Waals surface area (Å²) in [6.07, 6.45) is 1.63. The second-order valence-electron chi connectivity index (χ2n) is 2.07. The molecule has 1 aliphatic rings. The van der Waals surface area contributed by atoms with Crippen molar-refractivity contribution in [2.24, 2.45) is 10.9 Å². The van der Waals surface area contributed by atoms with E-state index in [0.717, 1.165) is 0 Å². The monoisotopic (exact) mass is 142 g/mol. The predicted molar refractivity (Wildman–Crippen MR) is 36.9 cm³/mol. The molecule has 1 rings (SSSR count). The molecule has 1 aliphatic heterocycles. The quantitative estimate of drug-likeness (QED) is 0.498. The first-order valence-corrected chi connectivity index (χ1v) is 3.13. The topological polar surface area (TPSA) is 50.7 Å². The summed E-state index contributed by atoms with van der Waals surface area (Å²) >= 11 is 0. The third kappa shape index (κ3) is 1.54. The van der Waals surface area contributed by atoms with E-state index in [1.807, 2.05) is 0 Å². The number of aliphatic imine (C=N–C) groups is 1. The third-order valence-electron chi connectivity index (χ3n) is 1.36. The Morgan fingerprint density at radius 2 is 2.70 bits per heavy atom. The fourth-order valence-electron chi connectivity index (χ4n) is 0.813. The average molecular weight is 142 g/mol. The molecule has 0 amide bonds. The number of esters is 1. The Morgan fingerprint density at radius 1 is 1.90 bits per heavy atom. The molecule has 0 radical (unpaired) electrons. The SMILES string of the molecule is COC(=O)C1C=NCNC1. The molecule has 1 unspecified atom stereocenters. The van der Waals surface area contributed by atoms with Gasteiger partial charge in [-0.05, 0) is 0 Å². The van der Waals surface area contributed by atoms with Crippen molar-refractivity contribution in [2.45, 2.75) is 0 Å². The number of hydrogen-bond acceptors (Lipinski definition) is 4. The fourth-order valence-corrected chi connectivity index (χ4v) is 0.813. The van der Waals surface area contributed by atoms with Crippen LogP contribution in [0.5, 0.6) is 0 Å². The second kappa shape index (κ2) is 3.31. The largest absolute Gasteiger partial charge is 0.468 e. The highest BCUT2D eigenvalue weighted by molar-refractivity contribution is 5.90. The Bertz CT molecular complexity index is 156. The van der Waals surface area contributed by atoms with Gasteiger partial charge in [-0.3, -0.25) is 15.1 Å². The zero-order valence-corrected chi connectivity index (χ0v) is 5.83. The lowest BCUT2D eigenvalue weighted by molar-refractivity contribution is -0.142. The van der Waals surface area contributed by atoms with Gasteiger partial charge in [-0.2, -0.15) is 0 Å². The summed E-state index contributed by atoms with van der Waals surface area (Å²) in [6.45, 7) is 1.24. The highest BCUT2D eigenvalue weighted by Gasteiger charge is 2.17.